The van der Waals surface area contributed by atoms with Crippen LogP contribution in [-0.4, -0.2) is 9.38 Å². The highest BCUT2D eigenvalue weighted by molar-refractivity contribution is 5.83. The Morgan fingerprint density at radius 1 is 0.810 bits per heavy atom. The van der Waals surface area contributed by atoms with Crippen LogP contribution in [0.3, 0.4) is 0 Å². The van der Waals surface area contributed by atoms with Crippen LogP contribution in [0.15, 0.2) is 77.6 Å². The van der Waals surface area contributed by atoms with Crippen molar-refractivity contribution < 1.29 is 0 Å². The van der Waals surface area contributed by atoms with Gasteiger partial charge in [0.15, 0.2) is 0 Å². The lowest BCUT2D eigenvalue weighted by Crippen LogP contribution is -2.18. The number of hydrogen-bond donors (Lipinski definition) is 0. The third-order valence-electron chi connectivity index (χ3n) is 3.63. The molecule has 0 radical (unpaired) electrons. The zero-order valence-corrected chi connectivity index (χ0v) is 11.2. The van der Waals surface area contributed by atoms with Gasteiger partial charge in [0.2, 0.25) is 0 Å². The standard InChI is InChI=1S/C18H12N2O/c21-18-19-16(13-6-2-1-3-7-13)12-15-11-10-14-8-4-5-9-17(14)20(15)18/h1-12H. The SMILES string of the molecule is O=c1nc(-c2ccccc2)cc2ccc3ccccc3n12. The van der Waals surface area contributed by atoms with Gasteiger partial charge >= 0.3 is 5.69 Å². The molecular formula is C18H12N2O. The molecule has 21 heavy (non-hydrogen) atoms. The number of aromatic nitrogens is 2. The zero-order chi connectivity index (χ0) is 14.2. The maximum absolute atomic E-state index is 12.4. The van der Waals surface area contributed by atoms with Crippen molar-refractivity contribution in [2.75, 3.05) is 0 Å². The fourth-order valence-corrected chi connectivity index (χ4v) is 2.63. The maximum atomic E-state index is 12.4. The number of fused-ring (bicyclic) bond motifs is 3. The highest BCUT2D eigenvalue weighted by atomic mass is 16.1. The van der Waals surface area contributed by atoms with E-state index >= 15 is 0 Å². The van der Waals surface area contributed by atoms with Crippen LogP contribution in [0, 0.1) is 0 Å². The highest BCUT2D eigenvalue weighted by Crippen LogP contribution is 2.19. The molecule has 100 valence electrons. The van der Waals surface area contributed by atoms with Gasteiger partial charge in [-0.2, -0.15) is 4.98 Å². The number of para-hydroxylation sites is 1. The van der Waals surface area contributed by atoms with Crippen molar-refractivity contribution in [3.05, 3.63) is 83.3 Å². The van der Waals surface area contributed by atoms with E-state index < -0.39 is 0 Å². The molecule has 4 aromatic rings. The molecule has 0 atom stereocenters. The van der Waals surface area contributed by atoms with Crippen LogP contribution in [-0.2, 0) is 0 Å². The average Bonchev–Trinajstić information content (AvgIpc) is 2.55. The molecule has 0 saturated carbocycles. The lowest BCUT2D eigenvalue weighted by atomic mass is 10.1. The van der Waals surface area contributed by atoms with E-state index in [4.69, 9.17) is 0 Å². The molecule has 3 nitrogen and oxygen atoms in total. The van der Waals surface area contributed by atoms with E-state index in [2.05, 4.69) is 4.98 Å². The van der Waals surface area contributed by atoms with Gasteiger partial charge in [-0.15, -0.1) is 0 Å². The molecule has 2 aromatic heterocycles. The molecule has 0 aliphatic rings. The summed E-state index contributed by atoms with van der Waals surface area (Å²) in [6.07, 6.45) is 0. The minimum absolute atomic E-state index is 0.247. The van der Waals surface area contributed by atoms with Gasteiger partial charge in [0.05, 0.1) is 16.7 Å². The van der Waals surface area contributed by atoms with Crippen molar-refractivity contribution in [1.82, 2.24) is 9.38 Å². The van der Waals surface area contributed by atoms with Gasteiger partial charge < -0.3 is 0 Å². The largest absolute Gasteiger partial charge is 0.353 e. The first kappa shape index (κ1) is 11.9. The molecule has 0 N–H and O–H groups in total. The van der Waals surface area contributed by atoms with E-state index in [0.29, 0.717) is 5.69 Å². The van der Waals surface area contributed by atoms with E-state index in [9.17, 15) is 4.79 Å². The van der Waals surface area contributed by atoms with Gasteiger partial charge in [0.1, 0.15) is 0 Å². The molecule has 2 heterocycles. The van der Waals surface area contributed by atoms with Crippen molar-refractivity contribution in [2.24, 2.45) is 0 Å². The number of rotatable bonds is 1. The minimum Gasteiger partial charge on any atom is -0.260 e. The Balaban J connectivity index is 2.09. The monoisotopic (exact) mass is 272 g/mol. The Kier molecular flexibility index (Phi) is 2.57. The summed E-state index contributed by atoms with van der Waals surface area (Å²) < 4.78 is 1.65. The summed E-state index contributed by atoms with van der Waals surface area (Å²) in [5, 5.41) is 1.03. The van der Waals surface area contributed by atoms with E-state index in [-0.39, 0.29) is 5.69 Å². The predicted molar refractivity (Wildman–Crippen MR) is 84.4 cm³/mol. The molecule has 0 aliphatic heterocycles. The van der Waals surface area contributed by atoms with Gasteiger partial charge in [-0.1, -0.05) is 54.6 Å². The predicted octanol–water partition coefficient (Wildman–Crippen LogP) is 3.51. The molecular weight excluding hydrogens is 260 g/mol. The molecule has 0 amide bonds. The van der Waals surface area contributed by atoms with Crippen molar-refractivity contribution in [1.29, 1.82) is 0 Å². The van der Waals surface area contributed by atoms with Gasteiger partial charge in [0, 0.05) is 5.56 Å². The van der Waals surface area contributed by atoms with Gasteiger partial charge in [-0.3, -0.25) is 4.40 Å². The second kappa shape index (κ2) is 4.56. The molecule has 0 saturated heterocycles. The molecule has 0 unspecified atom stereocenters. The summed E-state index contributed by atoms with van der Waals surface area (Å²) in [6, 6.07) is 23.5. The van der Waals surface area contributed by atoms with Crippen LogP contribution >= 0.6 is 0 Å². The summed E-state index contributed by atoms with van der Waals surface area (Å²) in [4.78, 5) is 16.7. The van der Waals surface area contributed by atoms with E-state index in [1.54, 1.807) is 4.40 Å². The van der Waals surface area contributed by atoms with E-state index in [1.165, 1.54) is 0 Å². The zero-order valence-electron chi connectivity index (χ0n) is 11.2. The lowest BCUT2D eigenvalue weighted by molar-refractivity contribution is 1.03. The lowest BCUT2D eigenvalue weighted by Gasteiger charge is -2.07. The topological polar surface area (TPSA) is 34.4 Å². The Morgan fingerprint density at radius 3 is 2.43 bits per heavy atom. The van der Waals surface area contributed by atoms with Crippen LogP contribution in [0.5, 0.6) is 0 Å². The molecule has 3 heteroatoms. The van der Waals surface area contributed by atoms with Gasteiger partial charge in [0.25, 0.3) is 0 Å². The Morgan fingerprint density at radius 2 is 1.57 bits per heavy atom. The molecule has 0 fully saturated rings. The van der Waals surface area contributed by atoms with Crippen LogP contribution < -0.4 is 5.69 Å². The van der Waals surface area contributed by atoms with Gasteiger partial charge in [-0.25, -0.2) is 4.79 Å². The van der Waals surface area contributed by atoms with Crippen LogP contribution in [0.1, 0.15) is 0 Å². The Bertz CT molecular complexity index is 1000. The third kappa shape index (κ3) is 1.91. The fraction of sp³-hybridized carbons (Fsp3) is 0. The van der Waals surface area contributed by atoms with Crippen molar-refractivity contribution in [3.63, 3.8) is 0 Å². The Hall–Kier alpha value is -2.94. The Labute approximate surface area is 121 Å². The second-order valence-electron chi connectivity index (χ2n) is 4.94. The van der Waals surface area contributed by atoms with E-state index in [0.717, 1.165) is 22.0 Å². The quantitative estimate of drug-likeness (QED) is 0.497. The molecule has 4 rings (SSSR count). The van der Waals surface area contributed by atoms with E-state index in [1.807, 2.05) is 72.8 Å². The number of benzene rings is 2. The second-order valence-corrected chi connectivity index (χ2v) is 4.94. The van der Waals surface area contributed by atoms with Crippen LogP contribution in [0.4, 0.5) is 0 Å². The normalized spacial score (nSPS) is 11.0. The summed E-state index contributed by atoms with van der Waals surface area (Å²) in [5.74, 6) is 0. The van der Waals surface area contributed by atoms with Gasteiger partial charge in [-0.05, 0) is 23.6 Å². The average molecular weight is 272 g/mol. The smallest absolute Gasteiger partial charge is 0.260 e. The molecule has 0 bridgehead atoms. The minimum atomic E-state index is -0.247. The summed E-state index contributed by atoms with van der Waals surface area (Å²) >= 11 is 0. The highest BCUT2D eigenvalue weighted by Gasteiger charge is 2.06. The summed E-state index contributed by atoms with van der Waals surface area (Å²) in [7, 11) is 0. The molecule has 0 aliphatic carbocycles. The fourth-order valence-electron chi connectivity index (χ4n) is 2.63. The first-order valence-electron chi connectivity index (χ1n) is 6.80. The third-order valence-corrected chi connectivity index (χ3v) is 3.63. The van der Waals surface area contributed by atoms with Crippen molar-refractivity contribution >= 4 is 16.4 Å². The summed E-state index contributed by atoms with van der Waals surface area (Å²) in [5.41, 5.74) is 3.14. The molecule has 2 aromatic carbocycles. The summed E-state index contributed by atoms with van der Waals surface area (Å²) in [6.45, 7) is 0. The number of nitrogens with zero attached hydrogens (tertiary/aromatic N) is 2. The van der Waals surface area contributed by atoms with Crippen LogP contribution in [0.2, 0.25) is 0 Å². The van der Waals surface area contributed by atoms with Crippen LogP contribution in [0.25, 0.3) is 27.7 Å². The number of pyridine rings is 1. The molecule has 0 spiro atoms. The first-order chi connectivity index (χ1) is 10.3. The number of hydrogen-bond acceptors (Lipinski definition) is 2. The first-order valence-corrected chi connectivity index (χ1v) is 6.80. The van der Waals surface area contributed by atoms with Crippen molar-refractivity contribution in [3.8, 4) is 11.3 Å². The van der Waals surface area contributed by atoms with Crippen molar-refractivity contribution in [2.45, 2.75) is 0 Å². The maximum Gasteiger partial charge on any atom is 0.353 e.